The van der Waals surface area contributed by atoms with Gasteiger partial charge in [0.2, 0.25) is 11.7 Å². The van der Waals surface area contributed by atoms with E-state index in [4.69, 9.17) is 4.52 Å². The third-order valence-electron chi connectivity index (χ3n) is 4.40. The standard InChI is InChI=1S/C18H16N4O4S/c1-12-2-4-14(5-3-12)27(24,25)22-15(6-7-16(22)23)18-20-17(21-26-18)13-8-10-19-11-9-13/h2-5,8-11,15H,6-7H2,1H3/t15-/m0/s1. The number of carbonyl (C=O) groups excluding carboxylic acids is 1. The molecule has 0 unspecified atom stereocenters. The van der Waals surface area contributed by atoms with E-state index in [1.165, 1.54) is 12.1 Å². The highest BCUT2D eigenvalue weighted by Crippen LogP contribution is 2.37. The topological polar surface area (TPSA) is 106 Å². The Bertz CT molecular complexity index is 1080. The molecule has 1 saturated heterocycles. The summed E-state index contributed by atoms with van der Waals surface area (Å²) in [7, 11) is -4.01. The van der Waals surface area contributed by atoms with Crippen molar-refractivity contribution in [3.8, 4) is 11.4 Å². The highest BCUT2D eigenvalue weighted by Gasteiger charge is 2.44. The average Bonchev–Trinajstić information content (AvgIpc) is 3.30. The SMILES string of the molecule is Cc1ccc(S(=O)(=O)N2C(=O)CC[C@H]2c2nc(-c3ccncc3)no2)cc1. The van der Waals surface area contributed by atoms with Crippen molar-refractivity contribution in [3.63, 3.8) is 0 Å². The second-order valence-electron chi connectivity index (χ2n) is 6.25. The molecule has 0 aliphatic carbocycles. The Morgan fingerprint density at radius 1 is 1.11 bits per heavy atom. The van der Waals surface area contributed by atoms with Crippen LogP contribution in [0.3, 0.4) is 0 Å². The van der Waals surface area contributed by atoms with E-state index in [-0.39, 0.29) is 17.2 Å². The summed E-state index contributed by atoms with van der Waals surface area (Å²) in [4.78, 5) is 20.7. The van der Waals surface area contributed by atoms with Crippen LogP contribution in [-0.2, 0) is 14.8 Å². The van der Waals surface area contributed by atoms with Crippen molar-refractivity contribution in [1.82, 2.24) is 19.4 Å². The molecule has 2 aromatic heterocycles. The Balaban J connectivity index is 1.70. The lowest BCUT2D eigenvalue weighted by Crippen LogP contribution is -2.34. The van der Waals surface area contributed by atoms with Crippen molar-refractivity contribution in [2.24, 2.45) is 0 Å². The number of pyridine rings is 1. The quantitative estimate of drug-likeness (QED) is 0.680. The van der Waals surface area contributed by atoms with Gasteiger partial charge in [-0.25, -0.2) is 12.7 Å². The zero-order chi connectivity index (χ0) is 19.0. The molecule has 1 aliphatic heterocycles. The summed E-state index contributed by atoms with van der Waals surface area (Å²) in [6.07, 6.45) is 3.59. The van der Waals surface area contributed by atoms with Crippen LogP contribution < -0.4 is 0 Å². The molecular formula is C18H16N4O4S. The van der Waals surface area contributed by atoms with Crippen LogP contribution >= 0.6 is 0 Å². The number of hydrogen-bond acceptors (Lipinski definition) is 7. The molecule has 1 atom stereocenters. The van der Waals surface area contributed by atoms with Crippen molar-refractivity contribution in [2.45, 2.75) is 30.7 Å². The summed E-state index contributed by atoms with van der Waals surface area (Å²) in [6.45, 7) is 1.86. The minimum Gasteiger partial charge on any atom is -0.337 e. The van der Waals surface area contributed by atoms with Crippen LogP contribution in [0.2, 0.25) is 0 Å². The first-order valence-corrected chi connectivity index (χ1v) is 9.79. The molecule has 0 radical (unpaired) electrons. The second kappa shape index (κ2) is 6.58. The van der Waals surface area contributed by atoms with Gasteiger partial charge in [0.25, 0.3) is 15.9 Å². The van der Waals surface area contributed by atoms with Gasteiger partial charge in [0, 0.05) is 24.4 Å². The van der Waals surface area contributed by atoms with Crippen molar-refractivity contribution in [3.05, 3.63) is 60.2 Å². The fraction of sp³-hybridized carbons (Fsp3) is 0.222. The first kappa shape index (κ1) is 17.3. The maximum atomic E-state index is 13.0. The van der Waals surface area contributed by atoms with E-state index in [1.807, 2.05) is 6.92 Å². The molecule has 0 N–H and O–H groups in total. The molecule has 1 fully saturated rings. The van der Waals surface area contributed by atoms with E-state index in [0.29, 0.717) is 17.8 Å². The first-order valence-electron chi connectivity index (χ1n) is 8.35. The van der Waals surface area contributed by atoms with E-state index in [0.717, 1.165) is 9.87 Å². The molecule has 1 aromatic carbocycles. The van der Waals surface area contributed by atoms with Crippen molar-refractivity contribution in [2.75, 3.05) is 0 Å². The Hall–Kier alpha value is -3.07. The van der Waals surface area contributed by atoms with E-state index in [2.05, 4.69) is 15.1 Å². The molecule has 3 aromatic rings. The van der Waals surface area contributed by atoms with Gasteiger partial charge in [0.05, 0.1) is 4.90 Å². The Morgan fingerprint density at radius 3 is 2.52 bits per heavy atom. The summed E-state index contributed by atoms with van der Waals surface area (Å²) in [5, 5.41) is 3.91. The predicted octanol–water partition coefficient (Wildman–Crippen LogP) is 2.49. The molecule has 8 nitrogen and oxygen atoms in total. The maximum Gasteiger partial charge on any atom is 0.267 e. The third-order valence-corrected chi connectivity index (χ3v) is 6.25. The summed E-state index contributed by atoms with van der Waals surface area (Å²) in [5.41, 5.74) is 1.62. The van der Waals surface area contributed by atoms with Crippen LogP contribution in [0, 0.1) is 6.92 Å². The third kappa shape index (κ3) is 3.10. The van der Waals surface area contributed by atoms with Crippen LogP contribution in [-0.4, -0.2) is 33.8 Å². The van der Waals surface area contributed by atoms with Crippen molar-refractivity contribution in [1.29, 1.82) is 0 Å². The molecule has 138 valence electrons. The Morgan fingerprint density at radius 2 is 1.81 bits per heavy atom. The normalized spacial score (nSPS) is 17.4. The van der Waals surface area contributed by atoms with Gasteiger partial charge in [-0.2, -0.15) is 4.98 Å². The van der Waals surface area contributed by atoms with Gasteiger partial charge in [-0.15, -0.1) is 0 Å². The molecule has 27 heavy (non-hydrogen) atoms. The molecular weight excluding hydrogens is 368 g/mol. The zero-order valence-corrected chi connectivity index (χ0v) is 15.3. The number of aryl methyl sites for hydroxylation is 1. The van der Waals surface area contributed by atoms with Gasteiger partial charge in [0.1, 0.15) is 6.04 Å². The Kier molecular flexibility index (Phi) is 4.23. The van der Waals surface area contributed by atoms with Crippen molar-refractivity contribution >= 4 is 15.9 Å². The highest BCUT2D eigenvalue weighted by molar-refractivity contribution is 7.89. The molecule has 4 rings (SSSR count). The van der Waals surface area contributed by atoms with Crippen LogP contribution in [0.5, 0.6) is 0 Å². The number of rotatable bonds is 4. The largest absolute Gasteiger partial charge is 0.337 e. The zero-order valence-electron chi connectivity index (χ0n) is 14.4. The molecule has 0 spiro atoms. The van der Waals surface area contributed by atoms with Crippen LogP contribution in [0.25, 0.3) is 11.4 Å². The Labute approximate surface area is 155 Å². The molecule has 9 heteroatoms. The number of amides is 1. The lowest BCUT2D eigenvalue weighted by atomic mass is 10.2. The van der Waals surface area contributed by atoms with Gasteiger partial charge >= 0.3 is 0 Å². The fourth-order valence-electron chi connectivity index (χ4n) is 3.00. The smallest absolute Gasteiger partial charge is 0.267 e. The highest BCUT2D eigenvalue weighted by atomic mass is 32.2. The summed E-state index contributed by atoms with van der Waals surface area (Å²) in [6, 6.07) is 8.98. The van der Waals surface area contributed by atoms with E-state index in [1.54, 1.807) is 36.7 Å². The number of nitrogens with zero attached hydrogens (tertiary/aromatic N) is 4. The second-order valence-corrected chi connectivity index (χ2v) is 8.07. The number of carbonyl (C=O) groups is 1. The van der Waals surface area contributed by atoms with Crippen molar-refractivity contribution < 1.29 is 17.7 Å². The average molecular weight is 384 g/mol. The number of sulfonamides is 1. The molecule has 1 aliphatic rings. The van der Waals surface area contributed by atoms with Crippen LogP contribution in [0.15, 0.2) is 58.2 Å². The fourth-order valence-corrected chi connectivity index (χ4v) is 4.60. The number of aromatic nitrogens is 3. The maximum absolute atomic E-state index is 13.0. The molecule has 1 amide bonds. The minimum absolute atomic E-state index is 0.0576. The first-order chi connectivity index (χ1) is 13.0. The van der Waals surface area contributed by atoms with Gasteiger partial charge in [0.15, 0.2) is 0 Å². The van der Waals surface area contributed by atoms with Gasteiger partial charge in [-0.1, -0.05) is 22.9 Å². The summed E-state index contributed by atoms with van der Waals surface area (Å²) >= 11 is 0. The molecule has 3 heterocycles. The lowest BCUT2D eigenvalue weighted by molar-refractivity contribution is -0.124. The monoisotopic (exact) mass is 384 g/mol. The summed E-state index contributed by atoms with van der Waals surface area (Å²) < 4.78 is 32.2. The van der Waals surface area contributed by atoms with E-state index < -0.39 is 22.0 Å². The van der Waals surface area contributed by atoms with Crippen LogP contribution in [0.4, 0.5) is 0 Å². The van der Waals surface area contributed by atoms with Gasteiger partial charge in [-0.05, 0) is 37.6 Å². The lowest BCUT2D eigenvalue weighted by Gasteiger charge is -2.21. The van der Waals surface area contributed by atoms with Gasteiger partial charge < -0.3 is 4.52 Å². The number of hydrogen-bond donors (Lipinski definition) is 0. The number of benzene rings is 1. The van der Waals surface area contributed by atoms with Crippen LogP contribution in [0.1, 0.15) is 30.3 Å². The predicted molar refractivity (Wildman–Crippen MR) is 94.7 cm³/mol. The molecule has 0 saturated carbocycles. The van der Waals surface area contributed by atoms with E-state index >= 15 is 0 Å². The van der Waals surface area contributed by atoms with Gasteiger partial charge in [-0.3, -0.25) is 9.78 Å². The minimum atomic E-state index is -4.01. The van der Waals surface area contributed by atoms with E-state index in [9.17, 15) is 13.2 Å². The molecule has 0 bridgehead atoms. The summed E-state index contributed by atoms with van der Waals surface area (Å²) in [5.74, 6) is -0.0629.